The van der Waals surface area contributed by atoms with Crippen molar-refractivity contribution in [1.82, 2.24) is 0 Å². The third kappa shape index (κ3) is 3.51. The highest BCUT2D eigenvalue weighted by molar-refractivity contribution is 7.09. The molecule has 1 aromatic heterocycles. The van der Waals surface area contributed by atoms with Gasteiger partial charge >= 0.3 is 0 Å². The number of Topliss-reactive ketones (excluding diaryl/α,β-unsaturated/α-hetero) is 1. The van der Waals surface area contributed by atoms with Crippen molar-refractivity contribution in [3.63, 3.8) is 0 Å². The van der Waals surface area contributed by atoms with Gasteiger partial charge in [-0.05, 0) is 18.4 Å². The summed E-state index contributed by atoms with van der Waals surface area (Å²) in [5, 5.41) is 2.00. The molecule has 2 aromatic rings. The van der Waals surface area contributed by atoms with Gasteiger partial charge in [-0.15, -0.1) is 11.3 Å². The second kappa shape index (κ2) is 5.75. The van der Waals surface area contributed by atoms with E-state index in [1.807, 2.05) is 48.7 Å². The molecule has 0 aliphatic carbocycles. The van der Waals surface area contributed by atoms with Crippen LogP contribution in [0.25, 0.3) is 0 Å². The van der Waals surface area contributed by atoms with E-state index in [0.29, 0.717) is 12.2 Å². The maximum atomic E-state index is 11.8. The van der Waals surface area contributed by atoms with Gasteiger partial charge in [0.05, 0.1) is 6.61 Å². The summed E-state index contributed by atoms with van der Waals surface area (Å²) < 4.78 is 5.39. The molecule has 0 atom stereocenters. The Labute approximate surface area is 105 Å². The molecule has 0 radical (unpaired) electrons. The summed E-state index contributed by atoms with van der Waals surface area (Å²) in [6, 6.07) is 11.5. The van der Waals surface area contributed by atoms with Gasteiger partial charge in [-0.25, -0.2) is 0 Å². The van der Waals surface area contributed by atoms with E-state index >= 15 is 0 Å². The monoisotopic (exact) mass is 246 g/mol. The molecule has 0 saturated heterocycles. The lowest BCUT2D eigenvalue weighted by atomic mass is 10.1. The number of benzene rings is 1. The van der Waals surface area contributed by atoms with Crippen LogP contribution >= 0.6 is 11.3 Å². The van der Waals surface area contributed by atoms with E-state index in [2.05, 4.69) is 0 Å². The van der Waals surface area contributed by atoms with Gasteiger partial charge in [0.1, 0.15) is 6.61 Å². The first-order valence-corrected chi connectivity index (χ1v) is 6.33. The Balaban J connectivity index is 1.83. The number of hydrogen-bond donors (Lipinski definition) is 0. The average Bonchev–Trinajstić information content (AvgIpc) is 2.83. The maximum absolute atomic E-state index is 11.8. The predicted molar refractivity (Wildman–Crippen MR) is 69.5 cm³/mol. The number of rotatable bonds is 5. The van der Waals surface area contributed by atoms with Crippen LogP contribution in [0.1, 0.15) is 20.8 Å². The number of thiophene rings is 1. The number of carbonyl (C=O) groups is 1. The van der Waals surface area contributed by atoms with Crippen LogP contribution in [-0.4, -0.2) is 12.4 Å². The molecular formula is C14H14O2S. The molecule has 1 heterocycles. The van der Waals surface area contributed by atoms with E-state index < -0.39 is 0 Å². The Morgan fingerprint density at radius 2 is 2.00 bits per heavy atom. The zero-order chi connectivity index (χ0) is 12.1. The van der Waals surface area contributed by atoms with Crippen molar-refractivity contribution in [2.24, 2.45) is 0 Å². The molecule has 1 aromatic carbocycles. The van der Waals surface area contributed by atoms with Crippen molar-refractivity contribution in [3.05, 3.63) is 57.8 Å². The first kappa shape index (κ1) is 12.0. The van der Waals surface area contributed by atoms with Gasteiger partial charge in [0.15, 0.2) is 5.78 Å². The smallest absolute Gasteiger partial charge is 0.188 e. The zero-order valence-electron chi connectivity index (χ0n) is 9.68. The minimum absolute atomic E-state index is 0.0292. The molecule has 0 amide bonds. The summed E-state index contributed by atoms with van der Waals surface area (Å²) in [4.78, 5) is 12.9. The SMILES string of the molecule is Cc1ccc(C(=O)COCc2cccs2)cc1. The molecule has 3 heteroatoms. The minimum atomic E-state index is 0.0292. The summed E-state index contributed by atoms with van der Waals surface area (Å²) in [6.45, 7) is 2.65. The van der Waals surface area contributed by atoms with E-state index in [1.165, 1.54) is 0 Å². The lowest BCUT2D eigenvalue weighted by Gasteiger charge is -2.02. The fraction of sp³-hybridized carbons (Fsp3) is 0.214. The van der Waals surface area contributed by atoms with E-state index in [4.69, 9.17) is 4.74 Å². The molecule has 0 fully saturated rings. The van der Waals surface area contributed by atoms with Gasteiger partial charge in [-0.2, -0.15) is 0 Å². The molecule has 2 nitrogen and oxygen atoms in total. The summed E-state index contributed by atoms with van der Waals surface area (Å²) in [7, 11) is 0. The predicted octanol–water partition coefficient (Wildman–Crippen LogP) is 3.46. The van der Waals surface area contributed by atoms with Crippen LogP contribution in [-0.2, 0) is 11.3 Å². The molecule has 0 bridgehead atoms. The van der Waals surface area contributed by atoms with Crippen LogP contribution in [0, 0.1) is 6.92 Å². The van der Waals surface area contributed by atoms with E-state index in [9.17, 15) is 4.79 Å². The summed E-state index contributed by atoms with van der Waals surface area (Å²) in [5.74, 6) is 0.0292. The number of hydrogen-bond acceptors (Lipinski definition) is 3. The standard InChI is InChI=1S/C14H14O2S/c1-11-4-6-12(7-5-11)14(15)10-16-9-13-3-2-8-17-13/h2-8H,9-10H2,1H3. The Kier molecular flexibility index (Phi) is 4.07. The number of ketones is 1. The Morgan fingerprint density at radius 3 is 2.65 bits per heavy atom. The molecular weight excluding hydrogens is 232 g/mol. The van der Waals surface area contributed by atoms with Crippen LogP contribution in [0.3, 0.4) is 0 Å². The first-order chi connectivity index (χ1) is 8.25. The summed E-state index contributed by atoms with van der Waals surface area (Å²) in [6.07, 6.45) is 0. The lowest BCUT2D eigenvalue weighted by molar-refractivity contribution is 0.0731. The van der Waals surface area contributed by atoms with Gasteiger partial charge in [-0.1, -0.05) is 35.9 Å². The van der Waals surface area contributed by atoms with Crippen LogP contribution in [0.4, 0.5) is 0 Å². The van der Waals surface area contributed by atoms with Crippen molar-refractivity contribution in [2.75, 3.05) is 6.61 Å². The maximum Gasteiger partial charge on any atom is 0.188 e. The minimum Gasteiger partial charge on any atom is -0.368 e. The second-order valence-electron chi connectivity index (χ2n) is 3.86. The van der Waals surface area contributed by atoms with E-state index in [0.717, 1.165) is 10.4 Å². The van der Waals surface area contributed by atoms with Gasteiger partial charge in [0.25, 0.3) is 0 Å². The zero-order valence-corrected chi connectivity index (χ0v) is 10.5. The second-order valence-corrected chi connectivity index (χ2v) is 4.89. The van der Waals surface area contributed by atoms with Gasteiger partial charge < -0.3 is 4.74 Å². The molecule has 0 aliphatic rings. The fourth-order valence-electron chi connectivity index (χ4n) is 1.46. The molecule has 17 heavy (non-hydrogen) atoms. The van der Waals surface area contributed by atoms with Gasteiger partial charge in [-0.3, -0.25) is 4.79 Å². The van der Waals surface area contributed by atoms with Gasteiger partial charge in [0, 0.05) is 10.4 Å². The van der Waals surface area contributed by atoms with Crippen molar-refractivity contribution in [1.29, 1.82) is 0 Å². The topological polar surface area (TPSA) is 26.3 Å². The molecule has 0 N–H and O–H groups in total. The van der Waals surface area contributed by atoms with Crippen LogP contribution in [0.15, 0.2) is 41.8 Å². The number of aryl methyl sites for hydroxylation is 1. The number of carbonyl (C=O) groups excluding carboxylic acids is 1. The highest BCUT2D eigenvalue weighted by atomic mass is 32.1. The third-order valence-corrected chi connectivity index (χ3v) is 3.28. The van der Waals surface area contributed by atoms with E-state index in [1.54, 1.807) is 11.3 Å². The molecule has 2 rings (SSSR count). The Morgan fingerprint density at radius 1 is 1.24 bits per heavy atom. The van der Waals surface area contributed by atoms with Crippen LogP contribution in [0.5, 0.6) is 0 Å². The van der Waals surface area contributed by atoms with Gasteiger partial charge in [0.2, 0.25) is 0 Å². The lowest BCUT2D eigenvalue weighted by Crippen LogP contribution is -2.08. The van der Waals surface area contributed by atoms with Crippen molar-refractivity contribution in [3.8, 4) is 0 Å². The molecule has 0 saturated carbocycles. The Bertz CT molecular complexity index is 471. The largest absolute Gasteiger partial charge is 0.368 e. The molecule has 88 valence electrons. The van der Waals surface area contributed by atoms with E-state index in [-0.39, 0.29) is 12.4 Å². The third-order valence-electron chi connectivity index (χ3n) is 2.43. The highest BCUT2D eigenvalue weighted by Crippen LogP contribution is 2.10. The number of ether oxygens (including phenoxy) is 1. The first-order valence-electron chi connectivity index (χ1n) is 5.46. The molecule has 0 aliphatic heterocycles. The fourth-order valence-corrected chi connectivity index (χ4v) is 2.10. The summed E-state index contributed by atoms with van der Waals surface area (Å²) >= 11 is 1.64. The van der Waals surface area contributed by atoms with Crippen molar-refractivity contribution < 1.29 is 9.53 Å². The summed E-state index contributed by atoms with van der Waals surface area (Å²) in [5.41, 5.74) is 1.86. The van der Waals surface area contributed by atoms with Crippen LogP contribution < -0.4 is 0 Å². The van der Waals surface area contributed by atoms with Crippen molar-refractivity contribution in [2.45, 2.75) is 13.5 Å². The molecule has 0 unspecified atom stereocenters. The quantitative estimate of drug-likeness (QED) is 0.755. The highest BCUT2D eigenvalue weighted by Gasteiger charge is 2.05. The average molecular weight is 246 g/mol. The van der Waals surface area contributed by atoms with Crippen LogP contribution in [0.2, 0.25) is 0 Å². The Hall–Kier alpha value is -1.45. The molecule has 0 spiro atoms. The normalized spacial score (nSPS) is 10.4. The van der Waals surface area contributed by atoms with Crippen molar-refractivity contribution >= 4 is 17.1 Å².